The van der Waals surface area contributed by atoms with Crippen LogP contribution in [-0.2, 0) is 14.9 Å². The number of tetrazole rings is 1. The van der Waals surface area contributed by atoms with Gasteiger partial charge in [0.25, 0.3) is 22.0 Å². The number of amides is 1. The third-order valence-electron chi connectivity index (χ3n) is 3.94. The van der Waals surface area contributed by atoms with Gasteiger partial charge < -0.3 is 4.42 Å². The second-order valence-electron chi connectivity index (χ2n) is 5.77. The molecule has 0 fully saturated rings. The fourth-order valence-electron chi connectivity index (χ4n) is 2.59. The van der Waals surface area contributed by atoms with Crippen LogP contribution in [0.1, 0.15) is 12.7 Å². The first-order chi connectivity index (χ1) is 13.3. The highest BCUT2D eigenvalue weighted by Crippen LogP contribution is 2.27. The predicted molar refractivity (Wildman–Crippen MR) is 96.7 cm³/mol. The lowest BCUT2D eigenvalue weighted by molar-refractivity contribution is -0.114. The van der Waals surface area contributed by atoms with Gasteiger partial charge in [-0.25, -0.2) is 0 Å². The van der Waals surface area contributed by atoms with Crippen molar-refractivity contribution < 1.29 is 22.2 Å². The lowest BCUT2D eigenvalue weighted by Gasteiger charge is -2.04. The van der Waals surface area contributed by atoms with Gasteiger partial charge in [-0.3, -0.25) is 9.35 Å². The summed E-state index contributed by atoms with van der Waals surface area (Å²) in [4.78, 5) is 12.3. The average Bonchev–Trinajstić information content (AvgIpc) is 3.39. The summed E-state index contributed by atoms with van der Waals surface area (Å²) in [5.74, 6) is 0.478. The molecule has 1 aromatic carbocycles. The van der Waals surface area contributed by atoms with E-state index in [-0.39, 0.29) is 10.8 Å². The largest absolute Gasteiger partial charge is 0.457 e. The highest BCUT2D eigenvalue weighted by Gasteiger charge is 2.31. The molecular formula is C16H12N6O5S. The van der Waals surface area contributed by atoms with E-state index in [1.807, 2.05) is 0 Å². The number of anilines is 1. The molecule has 0 spiro atoms. The first kappa shape index (κ1) is 17.8. The van der Waals surface area contributed by atoms with Crippen molar-refractivity contribution in [2.45, 2.75) is 11.8 Å². The van der Waals surface area contributed by atoms with Crippen molar-refractivity contribution in [1.82, 2.24) is 20.6 Å². The van der Waals surface area contributed by atoms with Crippen LogP contribution in [0.5, 0.6) is 0 Å². The van der Waals surface area contributed by atoms with Crippen LogP contribution in [0.4, 0.5) is 5.95 Å². The summed E-state index contributed by atoms with van der Waals surface area (Å²) in [5, 5.41) is 18.3. The maximum Gasteiger partial charge on any atom is 0.294 e. The van der Waals surface area contributed by atoms with Gasteiger partial charge in [0.2, 0.25) is 0 Å². The molecule has 0 unspecified atom stereocenters. The summed E-state index contributed by atoms with van der Waals surface area (Å²) in [7, 11) is -4.26. The molecule has 0 atom stereocenters. The van der Waals surface area contributed by atoms with Gasteiger partial charge in [-0.2, -0.15) is 23.7 Å². The first-order valence-corrected chi connectivity index (χ1v) is 9.30. The Morgan fingerprint density at radius 2 is 1.93 bits per heavy atom. The Kier molecular flexibility index (Phi) is 4.13. The topological polar surface area (TPSA) is 155 Å². The van der Waals surface area contributed by atoms with Gasteiger partial charge in [0.05, 0.1) is 16.2 Å². The summed E-state index contributed by atoms with van der Waals surface area (Å²) >= 11 is 0. The number of nitrogens with zero attached hydrogens (tertiary/aromatic N) is 5. The van der Waals surface area contributed by atoms with E-state index in [2.05, 4.69) is 25.7 Å². The van der Waals surface area contributed by atoms with Crippen LogP contribution in [-0.4, -0.2) is 45.2 Å². The number of nitrogens with one attached hydrogen (secondary N) is 1. The quantitative estimate of drug-likeness (QED) is 0.493. The van der Waals surface area contributed by atoms with Gasteiger partial charge in [0.1, 0.15) is 11.5 Å². The minimum absolute atomic E-state index is 0.0341. The molecule has 1 aliphatic heterocycles. The van der Waals surface area contributed by atoms with Crippen LogP contribution in [0.2, 0.25) is 0 Å². The van der Waals surface area contributed by atoms with E-state index in [9.17, 15) is 13.2 Å². The lowest BCUT2D eigenvalue weighted by atomic mass is 10.1. The van der Waals surface area contributed by atoms with Crippen LogP contribution in [0, 0.1) is 0 Å². The minimum atomic E-state index is -4.26. The van der Waals surface area contributed by atoms with Crippen molar-refractivity contribution >= 4 is 33.8 Å². The molecule has 0 aliphatic carbocycles. The second-order valence-corrected chi connectivity index (χ2v) is 7.20. The highest BCUT2D eigenvalue weighted by molar-refractivity contribution is 7.85. The number of carbonyl (C=O) groups excluding carboxylic acids is 1. The first-order valence-electron chi connectivity index (χ1n) is 7.86. The summed E-state index contributed by atoms with van der Waals surface area (Å²) < 4.78 is 37.0. The molecule has 4 rings (SSSR count). The van der Waals surface area contributed by atoms with E-state index in [0.717, 1.165) is 5.01 Å². The van der Waals surface area contributed by atoms with Crippen molar-refractivity contribution in [2.24, 2.45) is 5.10 Å². The molecule has 0 radical (unpaired) electrons. The summed E-state index contributed by atoms with van der Waals surface area (Å²) in [5.41, 5.74) is 1.38. The molecule has 0 saturated heterocycles. The Bertz CT molecular complexity index is 1210. The molecule has 0 bridgehead atoms. The third kappa shape index (κ3) is 3.21. The van der Waals surface area contributed by atoms with Crippen molar-refractivity contribution in [2.75, 3.05) is 5.01 Å². The van der Waals surface area contributed by atoms with Gasteiger partial charge in [0.15, 0.2) is 0 Å². The predicted octanol–water partition coefficient (Wildman–Crippen LogP) is 1.51. The van der Waals surface area contributed by atoms with Gasteiger partial charge in [-0.1, -0.05) is 5.10 Å². The van der Waals surface area contributed by atoms with Crippen LogP contribution >= 0.6 is 0 Å². The van der Waals surface area contributed by atoms with Crippen LogP contribution in [0.25, 0.3) is 17.4 Å². The molecule has 0 saturated carbocycles. The molecular weight excluding hydrogens is 388 g/mol. The molecule has 28 heavy (non-hydrogen) atoms. The average molecular weight is 400 g/mol. The number of H-pyrrole nitrogens is 1. The summed E-state index contributed by atoms with van der Waals surface area (Å²) in [6.07, 6.45) is 1.54. The molecule has 12 heteroatoms. The zero-order valence-corrected chi connectivity index (χ0v) is 15.1. The molecule has 1 amide bonds. The van der Waals surface area contributed by atoms with E-state index < -0.39 is 16.0 Å². The normalized spacial score (nSPS) is 16.1. The Labute approximate surface area is 158 Å². The van der Waals surface area contributed by atoms with Crippen molar-refractivity contribution in [3.63, 3.8) is 0 Å². The van der Waals surface area contributed by atoms with E-state index >= 15 is 0 Å². The number of furan rings is 1. The Hall–Kier alpha value is -3.64. The zero-order valence-electron chi connectivity index (χ0n) is 14.3. The SMILES string of the molecule is CC1=NN(c2nn[nH]n2)C(=O)/C1=C\c1ccc(-c2ccc(S(=O)(=O)O)cc2)o1. The molecule has 142 valence electrons. The molecule has 11 nitrogen and oxygen atoms in total. The van der Waals surface area contributed by atoms with Gasteiger partial charge in [-0.15, -0.1) is 5.10 Å². The Morgan fingerprint density at radius 1 is 1.18 bits per heavy atom. The maximum absolute atomic E-state index is 12.5. The van der Waals surface area contributed by atoms with E-state index in [0.29, 0.717) is 28.4 Å². The van der Waals surface area contributed by atoms with Gasteiger partial charge in [0, 0.05) is 5.56 Å². The smallest absolute Gasteiger partial charge is 0.294 e. The number of benzene rings is 1. The second kappa shape index (κ2) is 6.51. The number of hydrogen-bond donors (Lipinski definition) is 2. The number of aromatic amines is 1. The number of aromatic nitrogens is 4. The monoisotopic (exact) mass is 400 g/mol. The standard InChI is InChI=1S/C16H12N6O5S/c1-9-13(15(23)22(19-9)16-17-20-21-18-16)8-11-4-7-14(27-11)10-2-5-12(6-3-10)28(24,25)26/h2-8H,1H3,(H,24,25,26)(H,17,18,20,21)/b13-8-. The number of carbonyl (C=O) groups is 1. The third-order valence-corrected chi connectivity index (χ3v) is 4.80. The van der Waals surface area contributed by atoms with Gasteiger partial charge >= 0.3 is 0 Å². The molecule has 3 aromatic rings. The van der Waals surface area contributed by atoms with E-state index in [1.54, 1.807) is 19.1 Å². The number of rotatable bonds is 4. The van der Waals surface area contributed by atoms with Crippen LogP contribution < -0.4 is 5.01 Å². The highest BCUT2D eigenvalue weighted by atomic mass is 32.2. The summed E-state index contributed by atoms with van der Waals surface area (Å²) in [6, 6.07) is 8.89. The minimum Gasteiger partial charge on any atom is -0.457 e. The lowest BCUT2D eigenvalue weighted by Crippen LogP contribution is -2.22. The van der Waals surface area contributed by atoms with Gasteiger partial charge in [-0.05, 0) is 54.6 Å². The fraction of sp³-hybridized carbons (Fsp3) is 0.0625. The number of hydrogen-bond acceptors (Lipinski definition) is 8. The number of hydrazone groups is 1. The molecule has 2 N–H and O–H groups in total. The summed E-state index contributed by atoms with van der Waals surface area (Å²) in [6.45, 7) is 1.67. The van der Waals surface area contributed by atoms with Crippen LogP contribution in [0.15, 0.2) is 56.4 Å². The van der Waals surface area contributed by atoms with Crippen molar-refractivity contribution in [1.29, 1.82) is 0 Å². The van der Waals surface area contributed by atoms with E-state index in [1.165, 1.54) is 30.3 Å². The van der Waals surface area contributed by atoms with Crippen molar-refractivity contribution in [3.05, 3.63) is 47.7 Å². The molecule has 1 aliphatic rings. The Morgan fingerprint density at radius 3 is 2.57 bits per heavy atom. The maximum atomic E-state index is 12.5. The Balaban J connectivity index is 1.60. The molecule has 2 aromatic heterocycles. The van der Waals surface area contributed by atoms with Crippen LogP contribution in [0.3, 0.4) is 0 Å². The fourth-order valence-corrected chi connectivity index (χ4v) is 3.07. The van der Waals surface area contributed by atoms with Crippen molar-refractivity contribution in [3.8, 4) is 11.3 Å². The van der Waals surface area contributed by atoms with E-state index in [4.69, 9.17) is 8.97 Å². The zero-order chi connectivity index (χ0) is 19.9. The molecule has 3 heterocycles.